The standard InChI is InChI=1S/C17H25N5O2S/c1-17(2,3)24-16(23)21-8-5-4-6-12(10-21)20-14-13-7-9-22(25)15(13)19-11-18-14/h7,9,11-12,25H,4-6,8,10H2,1-3H3,(H,18,19,20). The van der Waals surface area contributed by atoms with E-state index in [1.165, 1.54) is 6.33 Å². The predicted molar refractivity (Wildman–Crippen MR) is 101 cm³/mol. The summed E-state index contributed by atoms with van der Waals surface area (Å²) >= 11 is 4.34. The fraction of sp³-hybridized carbons (Fsp3) is 0.588. The molecule has 1 aliphatic rings. The second-order valence-corrected chi connectivity index (χ2v) is 7.81. The zero-order valence-electron chi connectivity index (χ0n) is 14.9. The number of ether oxygens (including phenoxy) is 1. The number of likely N-dealkylation sites (tertiary alicyclic amines) is 1. The Morgan fingerprint density at radius 3 is 2.92 bits per heavy atom. The Labute approximate surface area is 153 Å². The number of fused-ring (bicyclic) bond motifs is 1. The number of amides is 1. The third-order valence-corrected chi connectivity index (χ3v) is 4.45. The molecule has 8 heteroatoms. The molecule has 1 saturated heterocycles. The van der Waals surface area contributed by atoms with Crippen LogP contribution in [0.15, 0.2) is 18.6 Å². The van der Waals surface area contributed by atoms with Crippen LogP contribution in [0.5, 0.6) is 0 Å². The Bertz CT molecular complexity index is 755. The molecule has 1 fully saturated rings. The van der Waals surface area contributed by atoms with Crippen LogP contribution in [0.3, 0.4) is 0 Å². The van der Waals surface area contributed by atoms with Crippen molar-refractivity contribution in [1.29, 1.82) is 0 Å². The van der Waals surface area contributed by atoms with Crippen LogP contribution in [0.2, 0.25) is 0 Å². The second kappa shape index (κ2) is 7.11. The molecule has 136 valence electrons. The maximum Gasteiger partial charge on any atom is 0.410 e. The van der Waals surface area contributed by atoms with E-state index < -0.39 is 5.60 Å². The van der Waals surface area contributed by atoms with Gasteiger partial charge in [-0.25, -0.2) is 14.8 Å². The highest BCUT2D eigenvalue weighted by molar-refractivity contribution is 7.78. The molecule has 7 nitrogen and oxygen atoms in total. The lowest BCUT2D eigenvalue weighted by Crippen LogP contribution is -2.42. The van der Waals surface area contributed by atoms with Crippen molar-refractivity contribution in [3.05, 3.63) is 18.6 Å². The molecule has 0 aromatic carbocycles. The first kappa shape index (κ1) is 17.8. The van der Waals surface area contributed by atoms with Crippen LogP contribution in [-0.4, -0.2) is 49.7 Å². The van der Waals surface area contributed by atoms with Gasteiger partial charge in [0.05, 0.1) is 5.39 Å². The molecule has 2 aromatic heterocycles. The lowest BCUT2D eigenvalue weighted by atomic mass is 10.1. The van der Waals surface area contributed by atoms with Gasteiger partial charge in [-0.1, -0.05) is 12.8 Å². The number of thiol groups is 1. The van der Waals surface area contributed by atoms with Gasteiger partial charge in [-0.3, -0.25) is 3.97 Å². The van der Waals surface area contributed by atoms with Gasteiger partial charge in [-0.15, -0.1) is 0 Å². The lowest BCUT2D eigenvalue weighted by Gasteiger charge is -2.28. The van der Waals surface area contributed by atoms with Gasteiger partial charge in [-0.2, -0.15) is 0 Å². The molecule has 0 spiro atoms. The molecule has 0 radical (unpaired) electrons. The van der Waals surface area contributed by atoms with E-state index in [4.69, 9.17) is 4.74 Å². The molecule has 1 N–H and O–H groups in total. The predicted octanol–water partition coefficient (Wildman–Crippen LogP) is 3.33. The normalized spacial score (nSPS) is 18.9. The van der Waals surface area contributed by atoms with Crippen LogP contribution in [0.4, 0.5) is 10.6 Å². The maximum atomic E-state index is 12.4. The van der Waals surface area contributed by atoms with Crippen LogP contribution in [-0.2, 0) is 4.74 Å². The number of carbonyl (C=O) groups is 1. The van der Waals surface area contributed by atoms with Crippen molar-refractivity contribution < 1.29 is 9.53 Å². The van der Waals surface area contributed by atoms with Gasteiger partial charge >= 0.3 is 6.09 Å². The third-order valence-electron chi connectivity index (χ3n) is 4.13. The van der Waals surface area contributed by atoms with Crippen molar-refractivity contribution in [3.63, 3.8) is 0 Å². The minimum absolute atomic E-state index is 0.122. The summed E-state index contributed by atoms with van der Waals surface area (Å²) < 4.78 is 7.19. The summed E-state index contributed by atoms with van der Waals surface area (Å²) in [5.74, 6) is 0.772. The van der Waals surface area contributed by atoms with Crippen molar-refractivity contribution in [2.75, 3.05) is 18.4 Å². The van der Waals surface area contributed by atoms with Gasteiger partial charge in [0, 0.05) is 25.3 Å². The van der Waals surface area contributed by atoms with Gasteiger partial charge in [0.2, 0.25) is 0 Å². The van der Waals surface area contributed by atoms with E-state index in [1.807, 2.05) is 33.0 Å². The first-order valence-electron chi connectivity index (χ1n) is 8.59. The van der Waals surface area contributed by atoms with Crippen LogP contribution >= 0.6 is 12.8 Å². The number of anilines is 1. The van der Waals surface area contributed by atoms with Gasteiger partial charge in [0.15, 0.2) is 5.65 Å². The molecule has 1 unspecified atom stereocenters. The smallest absolute Gasteiger partial charge is 0.410 e. The summed E-state index contributed by atoms with van der Waals surface area (Å²) in [6.07, 6.45) is 6.12. The van der Waals surface area contributed by atoms with Crippen LogP contribution in [0.1, 0.15) is 40.0 Å². The molecule has 1 aliphatic heterocycles. The van der Waals surface area contributed by atoms with E-state index in [2.05, 4.69) is 28.1 Å². The average Bonchev–Trinajstić information content (AvgIpc) is 2.77. The number of carbonyl (C=O) groups excluding carboxylic acids is 1. The van der Waals surface area contributed by atoms with E-state index >= 15 is 0 Å². The number of nitrogens with one attached hydrogen (secondary N) is 1. The van der Waals surface area contributed by atoms with Crippen molar-refractivity contribution >= 4 is 35.8 Å². The second-order valence-electron chi connectivity index (χ2n) is 7.38. The van der Waals surface area contributed by atoms with Gasteiger partial charge in [0.25, 0.3) is 0 Å². The van der Waals surface area contributed by atoms with Crippen molar-refractivity contribution in [2.24, 2.45) is 0 Å². The summed E-state index contributed by atoms with van der Waals surface area (Å²) in [4.78, 5) is 22.8. The number of aromatic nitrogens is 3. The quantitative estimate of drug-likeness (QED) is 0.801. The molecular formula is C17H25N5O2S. The third kappa shape index (κ3) is 4.36. The zero-order chi connectivity index (χ0) is 18.0. The fourth-order valence-electron chi connectivity index (χ4n) is 3.00. The molecule has 3 rings (SSSR count). The summed E-state index contributed by atoms with van der Waals surface area (Å²) in [7, 11) is 0. The largest absolute Gasteiger partial charge is 0.444 e. The Morgan fingerprint density at radius 2 is 2.16 bits per heavy atom. The van der Waals surface area contributed by atoms with Crippen molar-refractivity contribution in [2.45, 2.75) is 51.7 Å². The van der Waals surface area contributed by atoms with Crippen LogP contribution in [0.25, 0.3) is 11.0 Å². The molecule has 2 aromatic rings. The number of nitrogens with zero attached hydrogens (tertiary/aromatic N) is 4. The summed E-state index contributed by atoms with van der Waals surface area (Å²) in [5, 5.41) is 4.40. The topological polar surface area (TPSA) is 72.3 Å². The van der Waals surface area contributed by atoms with E-state index in [-0.39, 0.29) is 12.1 Å². The minimum atomic E-state index is -0.486. The van der Waals surface area contributed by atoms with E-state index in [0.29, 0.717) is 6.54 Å². The van der Waals surface area contributed by atoms with Crippen LogP contribution < -0.4 is 5.32 Å². The molecule has 0 saturated carbocycles. The summed E-state index contributed by atoms with van der Waals surface area (Å²) in [6, 6.07) is 2.06. The molecule has 25 heavy (non-hydrogen) atoms. The highest BCUT2D eigenvalue weighted by Gasteiger charge is 2.26. The van der Waals surface area contributed by atoms with Crippen LogP contribution in [0, 0.1) is 0 Å². The summed E-state index contributed by atoms with van der Waals surface area (Å²) in [5.41, 5.74) is 0.277. The molecule has 0 bridgehead atoms. The van der Waals surface area contributed by atoms with E-state index in [9.17, 15) is 4.79 Å². The zero-order valence-corrected chi connectivity index (χ0v) is 15.8. The Morgan fingerprint density at radius 1 is 1.36 bits per heavy atom. The number of rotatable bonds is 2. The van der Waals surface area contributed by atoms with Gasteiger partial charge in [-0.05, 0) is 46.1 Å². The average molecular weight is 363 g/mol. The number of hydrogen-bond acceptors (Lipinski definition) is 6. The molecular weight excluding hydrogens is 338 g/mol. The van der Waals surface area contributed by atoms with E-state index in [0.717, 1.165) is 42.7 Å². The highest BCUT2D eigenvalue weighted by Crippen LogP contribution is 2.24. The molecule has 1 atom stereocenters. The monoisotopic (exact) mass is 363 g/mol. The van der Waals surface area contributed by atoms with E-state index in [1.54, 1.807) is 8.87 Å². The first-order valence-corrected chi connectivity index (χ1v) is 8.99. The Balaban J connectivity index is 1.74. The SMILES string of the molecule is CC(C)(C)OC(=O)N1CCCCC(Nc2ncnc3c2ccn3S)C1. The van der Waals surface area contributed by atoms with Crippen molar-refractivity contribution in [3.8, 4) is 0 Å². The van der Waals surface area contributed by atoms with Gasteiger partial charge in [0.1, 0.15) is 17.7 Å². The maximum absolute atomic E-state index is 12.4. The number of hydrogen-bond donors (Lipinski definition) is 2. The first-order chi connectivity index (χ1) is 11.8. The minimum Gasteiger partial charge on any atom is -0.444 e. The lowest BCUT2D eigenvalue weighted by molar-refractivity contribution is 0.0252. The molecule has 0 aliphatic carbocycles. The van der Waals surface area contributed by atoms with Crippen molar-refractivity contribution in [1.82, 2.24) is 18.8 Å². The van der Waals surface area contributed by atoms with Gasteiger partial charge < -0.3 is 15.0 Å². The molecule has 3 heterocycles. The fourth-order valence-corrected chi connectivity index (χ4v) is 3.22. The Kier molecular flexibility index (Phi) is 5.08. The Hall–Kier alpha value is -1.96. The molecule has 1 amide bonds. The summed E-state index contributed by atoms with van der Waals surface area (Å²) in [6.45, 7) is 6.98. The highest BCUT2D eigenvalue weighted by atomic mass is 32.1.